The molecule has 17 nitrogen and oxygen atoms in total. The lowest BCUT2D eigenvalue weighted by atomic mass is 9.96. The molecule has 5 atom stereocenters. The molecule has 1 fully saturated rings. The highest BCUT2D eigenvalue weighted by Crippen LogP contribution is 2.46. The summed E-state index contributed by atoms with van der Waals surface area (Å²) in [6.07, 6.45) is -3.03. The molecule has 1 saturated heterocycles. The highest BCUT2D eigenvalue weighted by atomic mass is 32.2. The van der Waals surface area contributed by atoms with E-state index in [2.05, 4.69) is 20.0 Å². The number of carboxylic acids is 1. The molecule has 3 rings (SSSR count). The van der Waals surface area contributed by atoms with E-state index in [9.17, 15) is 29.5 Å². The summed E-state index contributed by atoms with van der Waals surface area (Å²) in [5, 5.41) is 42.1. The van der Waals surface area contributed by atoms with Crippen LogP contribution in [-0.2, 0) is 23.1 Å². The van der Waals surface area contributed by atoms with Gasteiger partial charge in [-0.2, -0.15) is 4.98 Å². The number of ether oxygens (including phenoxy) is 1. The molecule has 0 aromatic carbocycles. The zero-order valence-corrected chi connectivity index (χ0v) is 23.0. The smallest absolute Gasteiger partial charge is 0.395 e. The number of imidazole rings is 1. The molecule has 1 unspecified atom stereocenters. The van der Waals surface area contributed by atoms with Gasteiger partial charge in [-0.1, -0.05) is 11.8 Å². The number of thioether (sulfide) groups is 1. The summed E-state index contributed by atoms with van der Waals surface area (Å²) >= 11 is 0.840. The van der Waals surface area contributed by atoms with E-state index in [-0.39, 0.29) is 41.2 Å². The van der Waals surface area contributed by atoms with Gasteiger partial charge in [-0.05, 0) is 20.8 Å². The average molecular weight is 596 g/mol. The Morgan fingerprint density at radius 2 is 2.15 bits per heavy atom. The molecule has 2 aromatic rings. The number of anilines is 1. The fourth-order valence-electron chi connectivity index (χ4n) is 3.51. The molecule has 9 N–H and O–H groups in total. The van der Waals surface area contributed by atoms with E-state index in [4.69, 9.17) is 29.4 Å². The number of H-pyrrole nitrogens is 1. The summed E-state index contributed by atoms with van der Waals surface area (Å²) in [6.45, 7) is 2.46. The lowest BCUT2D eigenvalue weighted by Gasteiger charge is -2.27. The van der Waals surface area contributed by atoms with E-state index in [0.29, 0.717) is 0 Å². The van der Waals surface area contributed by atoms with E-state index >= 15 is 0 Å². The number of nitrogens with two attached hydrogens (primary N) is 1. The molecule has 19 heteroatoms. The van der Waals surface area contributed by atoms with Gasteiger partial charge in [0.15, 0.2) is 29.1 Å². The van der Waals surface area contributed by atoms with Gasteiger partial charge in [0.25, 0.3) is 5.56 Å². The highest BCUT2D eigenvalue weighted by Gasteiger charge is 2.54. The summed E-state index contributed by atoms with van der Waals surface area (Å²) in [7, 11) is -4.26. The Kier molecular flexibility index (Phi) is 9.57. The second kappa shape index (κ2) is 12.0. The van der Waals surface area contributed by atoms with Crippen LogP contribution in [0.3, 0.4) is 0 Å². The quantitative estimate of drug-likeness (QED) is 0.0812. The van der Waals surface area contributed by atoms with Crippen LogP contribution >= 0.6 is 19.5 Å². The van der Waals surface area contributed by atoms with Crippen LogP contribution < -0.4 is 16.4 Å². The Morgan fingerprint density at radius 1 is 1.46 bits per heavy atom. The van der Waals surface area contributed by atoms with Gasteiger partial charge in [0.05, 0.1) is 31.6 Å². The largest absolute Gasteiger partial charge is 0.495 e. The molecular weight excluding hydrogens is 563 g/mol. The summed E-state index contributed by atoms with van der Waals surface area (Å²) in [5.74, 6) is -1.28. The topological polar surface area (TPSA) is 266 Å². The number of hydrogen-bond donors (Lipinski definition) is 7. The van der Waals surface area contributed by atoms with Crippen molar-refractivity contribution in [2.45, 2.75) is 44.8 Å². The first-order chi connectivity index (χ1) is 18.1. The fraction of sp³-hybridized carbons (Fsp3) is 0.650. The number of carbonyl (C=O) groups excluding carboxylic acids is 1. The minimum Gasteiger partial charge on any atom is -0.395 e. The van der Waals surface area contributed by atoms with Gasteiger partial charge in [-0.25, -0.2) is 14.6 Å². The van der Waals surface area contributed by atoms with E-state index in [1.54, 1.807) is 13.8 Å². The molecule has 0 saturated carbocycles. The Labute approximate surface area is 225 Å². The Morgan fingerprint density at radius 3 is 2.79 bits per heavy atom. The van der Waals surface area contributed by atoms with Crippen LogP contribution in [0, 0.1) is 5.41 Å². The number of rotatable bonds is 13. The van der Waals surface area contributed by atoms with Crippen molar-refractivity contribution in [1.82, 2.24) is 24.6 Å². The van der Waals surface area contributed by atoms with Crippen LogP contribution in [0.2, 0.25) is 0 Å². The van der Waals surface area contributed by atoms with Gasteiger partial charge in [0.1, 0.15) is 17.8 Å². The van der Waals surface area contributed by atoms with Crippen molar-refractivity contribution in [3.8, 4) is 0 Å². The number of nitrogens with zero attached hydrogens (tertiary/aromatic N) is 3. The minimum absolute atomic E-state index is 0.0173. The third-order valence-electron chi connectivity index (χ3n) is 5.82. The molecule has 3 heterocycles. The third kappa shape index (κ3) is 7.03. The molecule has 0 spiro atoms. The monoisotopic (exact) mass is 595 g/mol. The highest BCUT2D eigenvalue weighted by molar-refractivity contribution is 8.13. The number of aliphatic hydroxyl groups excluding tert-OH is 3. The third-order valence-corrected chi connectivity index (χ3v) is 8.57. The number of nitrogen functional groups attached to an aromatic ring is 1. The van der Waals surface area contributed by atoms with Gasteiger partial charge in [0, 0.05) is 5.75 Å². The average Bonchev–Trinajstić information content (AvgIpc) is 3.37. The maximum absolute atomic E-state index is 13.2. The SMILES string of the molecule is CC(C)(CO)C(=O)SCCOP(=O)(NCC(O)=[OH+])OC[C@H]1O[C@@H](n2cnc3c(=O)[nH]c(N)nc32)[C@](C)(O)[C@@H]1O. The van der Waals surface area contributed by atoms with Crippen molar-refractivity contribution in [2.75, 3.05) is 37.9 Å². The van der Waals surface area contributed by atoms with Crippen LogP contribution in [0.5, 0.6) is 0 Å². The second-order valence-electron chi connectivity index (χ2n) is 9.53. The predicted molar refractivity (Wildman–Crippen MR) is 139 cm³/mol. The molecule has 0 bridgehead atoms. The molecule has 39 heavy (non-hydrogen) atoms. The number of aliphatic carboxylic acids is 1. The van der Waals surface area contributed by atoms with Gasteiger partial charge < -0.3 is 35.7 Å². The van der Waals surface area contributed by atoms with Crippen molar-refractivity contribution >= 4 is 47.7 Å². The van der Waals surface area contributed by atoms with E-state index in [1.165, 1.54) is 17.8 Å². The summed E-state index contributed by atoms with van der Waals surface area (Å²) in [5.41, 5.74) is 1.94. The minimum atomic E-state index is -4.26. The maximum Gasteiger partial charge on any atom is 0.495 e. The number of fused-ring (bicyclic) bond motifs is 1. The number of aliphatic hydroxyl groups is 3. The predicted octanol–water partition coefficient (Wildman–Crippen LogP) is -1.22. The first-order valence-corrected chi connectivity index (χ1v) is 14.1. The Hall–Kier alpha value is -2.41. The van der Waals surface area contributed by atoms with Crippen LogP contribution in [-0.4, -0.2) is 106 Å². The number of hydrogen-bond acceptors (Lipinski definition) is 13. The van der Waals surface area contributed by atoms with Crippen LogP contribution in [0.25, 0.3) is 11.2 Å². The van der Waals surface area contributed by atoms with Crippen LogP contribution in [0.15, 0.2) is 11.1 Å². The number of aromatic amines is 1. The molecule has 0 radical (unpaired) electrons. The van der Waals surface area contributed by atoms with Gasteiger partial charge in [-0.15, -0.1) is 0 Å². The number of aromatic nitrogens is 4. The number of carboxylic acid groups (broad SMARTS) is 1. The molecule has 0 aliphatic carbocycles. The van der Waals surface area contributed by atoms with Crippen molar-refractivity contribution in [2.24, 2.45) is 5.41 Å². The fourth-order valence-corrected chi connectivity index (χ4v) is 5.71. The van der Waals surface area contributed by atoms with E-state index in [0.717, 1.165) is 11.8 Å². The first kappa shape index (κ1) is 31.1. The molecular formula is C20H32N6O11PS+. The van der Waals surface area contributed by atoms with Crippen LogP contribution in [0.1, 0.15) is 27.0 Å². The molecule has 2 aromatic heterocycles. The number of nitrogens with one attached hydrogen (secondary N) is 2. The van der Waals surface area contributed by atoms with Crippen molar-refractivity contribution in [3.63, 3.8) is 0 Å². The first-order valence-electron chi connectivity index (χ1n) is 11.6. The Balaban J connectivity index is 1.70. The summed E-state index contributed by atoms with van der Waals surface area (Å²) in [4.78, 5) is 43.6. The zero-order valence-electron chi connectivity index (χ0n) is 21.3. The van der Waals surface area contributed by atoms with Crippen molar-refractivity contribution in [1.29, 1.82) is 0 Å². The summed E-state index contributed by atoms with van der Waals surface area (Å²) < 4.78 is 30.8. The molecule has 0 amide bonds. The van der Waals surface area contributed by atoms with E-state index < -0.39 is 61.9 Å². The maximum atomic E-state index is 13.2. The Bertz CT molecular complexity index is 1310. The number of carbonyl (C=O) groups is 1. The van der Waals surface area contributed by atoms with Crippen molar-refractivity contribution < 1.29 is 48.4 Å². The standard InChI is InChI=1S/C20H31N6O11PS/c1-19(2,8-27)17(32)39-5-4-35-38(34,23-6-11(28)29)36-7-10-13(30)20(3,33)16(37-10)26-9-22-12-14(26)24-18(21)25-15(12)31/h9-10,13,16,27,30,33H,4-8H2,1-3H3,(H,23,34)(H,28,29)(H3,21,24,25,31)/p+1/t10-,13-,16-,20-,38?/m1/s1. The lowest BCUT2D eigenvalue weighted by molar-refractivity contribution is -0.119. The van der Waals surface area contributed by atoms with Crippen molar-refractivity contribution in [3.05, 3.63) is 16.7 Å². The normalized spacial score (nSPS) is 25.1. The zero-order chi connectivity index (χ0) is 29.2. The van der Waals surface area contributed by atoms with Gasteiger partial charge >= 0.3 is 13.7 Å². The molecule has 218 valence electrons. The molecule has 1 aliphatic rings. The summed E-state index contributed by atoms with van der Waals surface area (Å²) in [6, 6.07) is 0. The van der Waals surface area contributed by atoms with Gasteiger partial charge in [0.2, 0.25) is 5.95 Å². The molecule has 1 aliphatic heterocycles. The lowest BCUT2D eigenvalue weighted by Crippen LogP contribution is -2.44. The van der Waals surface area contributed by atoms with Gasteiger partial charge in [-0.3, -0.25) is 28.2 Å². The second-order valence-corrected chi connectivity index (χ2v) is 12.4. The van der Waals surface area contributed by atoms with Crippen LogP contribution in [0.4, 0.5) is 5.95 Å². The van der Waals surface area contributed by atoms with E-state index in [1.807, 2.05) is 0 Å².